The van der Waals surface area contributed by atoms with Gasteiger partial charge in [0, 0.05) is 12.6 Å². The lowest BCUT2D eigenvalue weighted by Gasteiger charge is -2.27. The molecule has 0 saturated carbocycles. The summed E-state index contributed by atoms with van der Waals surface area (Å²) in [7, 11) is -1.15. The first-order valence-corrected chi connectivity index (χ1v) is 10.5. The molecule has 1 aliphatic rings. The van der Waals surface area contributed by atoms with Gasteiger partial charge in [-0.15, -0.1) is 0 Å². The van der Waals surface area contributed by atoms with Crippen molar-refractivity contribution in [3.05, 3.63) is 60.1 Å². The number of hydrogen-bond donors (Lipinski definition) is 0. The minimum Gasteiger partial charge on any atom is -0.467 e. The maximum absolute atomic E-state index is 12.9. The lowest BCUT2D eigenvalue weighted by Crippen LogP contribution is -2.42. The molecule has 1 atom stereocenters. The van der Waals surface area contributed by atoms with Crippen molar-refractivity contribution in [3.63, 3.8) is 0 Å². The average Bonchev–Trinajstić information content (AvgIpc) is 3.24. The van der Waals surface area contributed by atoms with Crippen LogP contribution in [0.1, 0.15) is 17.7 Å². The highest BCUT2D eigenvalue weighted by Gasteiger charge is 2.32. The molecule has 1 aliphatic heterocycles. The number of carbonyl (C=O) groups excluding carboxylic acids is 1. The number of rotatable bonds is 7. The van der Waals surface area contributed by atoms with Crippen LogP contribution in [0.4, 0.5) is 0 Å². The SMILES string of the molecule is CN(CC(=O)N(Cc1ccccc1)Cc1ccco1)C1CCS(=O)(=O)C1. The van der Waals surface area contributed by atoms with E-state index in [0.29, 0.717) is 19.5 Å². The Kier molecular flexibility index (Phi) is 5.78. The summed E-state index contributed by atoms with van der Waals surface area (Å²) in [6.07, 6.45) is 2.18. The smallest absolute Gasteiger partial charge is 0.237 e. The molecule has 0 bridgehead atoms. The molecule has 1 aromatic heterocycles. The molecular weight excluding hydrogens is 352 g/mol. The van der Waals surface area contributed by atoms with E-state index in [2.05, 4.69) is 0 Å². The Hall–Kier alpha value is -2.12. The predicted octanol–water partition coefficient (Wildman–Crippen LogP) is 1.93. The van der Waals surface area contributed by atoms with Crippen LogP contribution in [0.25, 0.3) is 0 Å². The van der Waals surface area contributed by atoms with E-state index in [-0.39, 0.29) is 30.0 Å². The second-order valence-corrected chi connectivity index (χ2v) is 9.02. The van der Waals surface area contributed by atoms with Crippen LogP contribution in [-0.4, -0.2) is 55.3 Å². The van der Waals surface area contributed by atoms with Gasteiger partial charge in [0.2, 0.25) is 5.91 Å². The van der Waals surface area contributed by atoms with E-state index in [1.807, 2.05) is 48.3 Å². The van der Waals surface area contributed by atoms with Crippen molar-refractivity contribution in [2.24, 2.45) is 0 Å². The normalized spacial score (nSPS) is 18.9. The van der Waals surface area contributed by atoms with Crippen molar-refractivity contribution in [1.29, 1.82) is 0 Å². The molecule has 1 aromatic carbocycles. The van der Waals surface area contributed by atoms with Gasteiger partial charge in [0.05, 0.1) is 30.9 Å². The zero-order valence-corrected chi connectivity index (χ0v) is 15.7. The van der Waals surface area contributed by atoms with Crippen LogP contribution in [0.2, 0.25) is 0 Å². The largest absolute Gasteiger partial charge is 0.467 e. The van der Waals surface area contributed by atoms with E-state index in [0.717, 1.165) is 11.3 Å². The molecule has 0 spiro atoms. The first kappa shape index (κ1) is 18.7. The van der Waals surface area contributed by atoms with Crippen molar-refractivity contribution in [1.82, 2.24) is 9.80 Å². The fourth-order valence-electron chi connectivity index (χ4n) is 3.19. The number of nitrogens with zero attached hydrogens (tertiary/aromatic N) is 2. The summed E-state index contributed by atoms with van der Waals surface area (Å²) in [5.74, 6) is 1.02. The average molecular weight is 376 g/mol. The van der Waals surface area contributed by atoms with Gasteiger partial charge in [-0.25, -0.2) is 8.42 Å². The first-order valence-electron chi connectivity index (χ1n) is 8.68. The Balaban J connectivity index is 1.67. The van der Waals surface area contributed by atoms with Crippen molar-refractivity contribution in [3.8, 4) is 0 Å². The van der Waals surface area contributed by atoms with Crippen LogP contribution in [0.3, 0.4) is 0 Å². The number of carbonyl (C=O) groups is 1. The summed E-state index contributed by atoms with van der Waals surface area (Å²) in [4.78, 5) is 16.5. The van der Waals surface area contributed by atoms with Gasteiger partial charge in [0.15, 0.2) is 9.84 Å². The van der Waals surface area contributed by atoms with E-state index in [4.69, 9.17) is 4.42 Å². The van der Waals surface area contributed by atoms with Crippen LogP contribution in [0, 0.1) is 0 Å². The highest BCUT2D eigenvalue weighted by Crippen LogP contribution is 2.17. The second kappa shape index (κ2) is 8.05. The molecule has 2 heterocycles. The van der Waals surface area contributed by atoms with Gasteiger partial charge in [-0.05, 0) is 31.2 Å². The molecule has 0 aliphatic carbocycles. The van der Waals surface area contributed by atoms with Gasteiger partial charge < -0.3 is 9.32 Å². The van der Waals surface area contributed by atoms with Crippen molar-refractivity contribution >= 4 is 15.7 Å². The highest BCUT2D eigenvalue weighted by molar-refractivity contribution is 7.91. The van der Waals surface area contributed by atoms with Gasteiger partial charge in [-0.3, -0.25) is 9.69 Å². The summed E-state index contributed by atoms with van der Waals surface area (Å²) < 4.78 is 28.8. The number of furan rings is 1. The lowest BCUT2D eigenvalue weighted by atomic mass is 10.2. The van der Waals surface area contributed by atoms with Crippen LogP contribution >= 0.6 is 0 Å². The predicted molar refractivity (Wildman–Crippen MR) is 99.1 cm³/mol. The van der Waals surface area contributed by atoms with Crippen molar-refractivity contribution in [2.75, 3.05) is 25.1 Å². The Morgan fingerprint density at radius 3 is 2.54 bits per heavy atom. The van der Waals surface area contributed by atoms with Crippen LogP contribution in [0.5, 0.6) is 0 Å². The van der Waals surface area contributed by atoms with Gasteiger partial charge in [0.1, 0.15) is 5.76 Å². The van der Waals surface area contributed by atoms with E-state index < -0.39 is 9.84 Å². The zero-order valence-electron chi connectivity index (χ0n) is 14.9. The standard InChI is InChI=1S/C19H24N2O4S/c1-20(17-9-11-26(23,24)15-17)14-19(22)21(13-18-8-5-10-25-18)12-16-6-3-2-4-7-16/h2-8,10,17H,9,11-15H2,1H3. The van der Waals surface area contributed by atoms with Crippen LogP contribution in [0.15, 0.2) is 53.1 Å². The molecule has 7 heteroatoms. The monoisotopic (exact) mass is 376 g/mol. The van der Waals surface area contributed by atoms with E-state index in [9.17, 15) is 13.2 Å². The van der Waals surface area contributed by atoms with Crippen LogP contribution in [-0.2, 0) is 27.7 Å². The summed E-state index contributed by atoms with van der Waals surface area (Å²) in [6.45, 7) is 1.06. The fourth-order valence-corrected chi connectivity index (χ4v) is 5.00. The quantitative estimate of drug-likeness (QED) is 0.738. The fraction of sp³-hybridized carbons (Fsp3) is 0.421. The number of sulfone groups is 1. The molecule has 6 nitrogen and oxygen atoms in total. The molecule has 140 valence electrons. The summed E-state index contributed by atoms with van der Waals surface area (Å²) >= 11 is 0. The minimum absolute atomic E-state index is 0.0444. The molecule has 1 amide bonds. The van der Waals surface area contributed by atoms with E-state index >= 15 is 0 Å². The number of hydrogen-bond acceptors (Lipinski definition) is 5. The van der Waals surface area contributed by atoms with Crippen LogP contribution < -0.4 is 0 Å². The topological polar surface area (TPSA) is 70.8 Å². The zero-order chi connectivity index (χ0) is 18.6. The molecule has 1 unspecified atom stereocenters. The molecule has 2 aromatic rings. The van der Waals surface area contributed by atoms with Gasteiger partial charge in [0.25, 0.3) is 0 Å². The van der Waals surface area contributed by atoms with E-state index in [1.165, 1.54) is 0 Å². The Morgan fingerprint density at radius 2 is 1.92 bits per heavy atom. The molecule has 0 N–H and O–H groups in total. The number of benzene rings is 1. The lowest BCUT2D eigenvalue weighted by molar-refractivity contribution is -0.134. The first-order chi connectivity index (χ1) is 12.4. The Morgan fingerprint density at radius 1 is 1.15 bits per heavy atom. The van der Waals surface area contributed by atoms with Gasteiger partial charge in [-0.1, -0.05) is 30.3 Å². The maximum Gasteiger partial charge on any atom is 0.237 e. The summed E-state index contributed by atoms with van der Waals surface area (Å²) in [5, 5.41) is 0. The third-order valence-corrected chi connectivity index (χ3v) is 6.46. The Labute approximate surface area is 154 Å². The molecular formula is C19H24N2O4S. The van der Waals surface area contributed by atoms with E-state index in [1.54, 1.807) is 17.2 Å². The minimum atomic E-state index is -2.97. The maximum atomic E-state index is 12.9. The number of likely N-dealkylation sites (N-methyl/N-ethyl adjacent to an activating group) is 1. The second-order valence-electron chi connectivity index (χ2n) is 6.79. The molecule has 1 saturated heterocycles. The van der Waals surface area contributed by atoms with Gasteiger partial charge in [-0.2, -0.15) is 0 Å². The number of amides is 1. The van der Waals surface area contributed by atoms with Crippen molar-refractivity contribution < 1.29 is 17.6 Å². The third kappa shape index (κ3) is 4.95. The third-order valence-electron chi connectivity index (χ3n) is 4.71. The summed E-state index contributed by atoms with van der Waals surface area (Å²) in [6, 6.07) is 13.4. The molecule has 0 radical (unpaired) electrons. The highest BCUT2D eigenvalue weighted by atomic mass is 32.2. The Bertz CT molecular complexity index is 818. The molecule has 1 fully saturated rings. The van der Waals surface area contributed by atoms with Gasteiger partial charge >= 0.3 is 0 Å². The molecule has 3 rings (SSSR count). The summed E-state index contributed by atoms with van der Waals surface area (Å²) in [5.41, 5.74) is 1.04. The van der Waals surface area contributed by atoms with Crippen molar-refractivity contribution in [2.45, 2.75) is 25.6 Å². The molecule has 26 heavy (non-hydrogen) atoms.